The van der Waals surface area contributed by atoms with Gasteiger partial charge < -0.3 is 18.6 Å². The first-order valence-electron chi connectivity index (χ1n) is 5.23. The molecule has 0 fully saturated rings. The normalized spacial score (nSPS) is 11.5. The second kappa shape index (κ2) is 6.70. The fraction of sp³-hybridized carbons (Fsp3) is 0.250. The van der Waals surface area contributed by atoms with Gasteiger partial charge in [0.1, 0.15) is 5.75 Å². The van der Waals surface area contributed by atoms with Crippen LogP contribution in [-0.4, -0.2) is 37.8 Å². The molecular weight excluding hydrogens is 252 g/mol. The van der Waals surface area contributed by atoms with E-state index in [2.05, 4.69) is 0 Å². The standard InChI is InChI=1S/C12H16O5Si/c1-14-9-7-5-4-6-8(9)10(15-2)11(16-3)12(13)17-18/h4-7H,1-3,18H3. The summed E-state index contributed by atoms with van der Waals surface area (Å²) in [5, 5.41) is 0. The van der Waals surface area contributed by atoms with Crippen molar-refractivity contribution in [3.05, 3.63) is 35.6 Å². The average Bonchev–Trinajstić information content (AvgIpc) is 2.43. The van der Waals surface area contributed by atoms with E-state index in [9.17, 15) is 4.79 Å². The molecule has 0 bridgehead atoms. The Hall–Kier alpha value is -1.95. The van der Waals surface area contributed by atoms with E-state index < -0.39 is 5.97 Å². The van der Waals surface area contributed by atoms with Gasteiger partial charge in [-0.15, -0.1) is 0 Å². The van der Waals surface area contributed by atoms with Crippen LogP contribution in [-0.2, 0) is 18.7 Å². The predicted molar refractivity (Wildman–Crippen MR) is 70.0 cm³/mol. The maximum absolute atomic E-state index is 11.6. The van der Waals surface area contributed by atoms with Crippen molar-refractivity contribution < 1.29 is 23.4 Å². The number of ether oxygens (including phenoxy) is 3. The van der Waals surface area contributed by atoms with Crippen LogP contribution in [0.5, 0.6) is 5.75 Å². The zero-order chi connectivity index (χ0) is 13.5. The van der Waals surface area contributed by atoms with Gasteiger partial charge in [-0.05, 0) is 12.1 Å². The molecule has 5 nitrogen and oxygen atoms in total. The van der Waals surface area contributed by atoms with Gasteiger partial charge in [-0.3, -0.25) is 0 Å². The van der Waals surface area contributed by atoms with Crippen LogP contribution >= 0.6 is 0 Å². The molecule has 0 N–H and O–H groups in total. The van der Waals surface area contributed by atoms with Crippen LogP contribution in [0.2, 0.25) is 0 Å². The first-order valence-corrected chi connectivity index (χ1v) is 6.05. The number of hydrogen-bond acceptors (Lipinski definition) is 5. The highest BCUT2D eigenvalue weighted by Gasteiger charge is 2.21. The van der Waals surface area contributed by atoms with Crippen LogP contribution in [0.25, 0.3) is 5.76 Å². The largest absolute Gasteiger partial charge is 0.523 e. The molecule has 98 valence electrons. The maximum atomic E-state index is 11.6. The molecule has 0 aliphatic rings. The summed E-state index contributed by atoms with van der Waals surface area (Å²) < 4.78 is 20.3. The average molecular weight is 268 g/mol. The molecule has 6 heteroatoms. The van der Waals surface area contributed by atoms with Crippen LogP contribution in [0.4, 0.5) is 0 Å². The summed E-state index contributed by atoms with van der Waals surface area (Å²) in [5.41, 5.74) is 0.631. The van der Waals surface area contributed by atoms with E-state index in [1.54, 1.807) is 19.2 Å². The van der Waals surface area contributed by atoms with Gasteiger partial charge >= 0.3 is 5.97 Å². The molecule has 0 saturated carbocycles. The number of hydrogen-bond donors (Lipinski definition) is 0. The summed E-state index contributed by atoms with van der Waals surface area (Å²) in [6, 6.07) is 7.19. The molecule has 1 aromatic rings. The Bertz CT molecular complexity index is 456. The number of para-hydroxylation sites is 1. The van der Waals surface area contributed by atoms with Crippen molar-refractivity contribution in [3.8, 4) is 5.75 Å². The van der Waals surface area contributed by atoms with E-state index in [1.165, 1.54) is 14.2 Å². The molecule has 0 aliphatic heterocycles. The highest BCUT2D eigenvalue weighted by atomic mass is 28.2. The minimum atomic E-state index is -0.549. The van der Waals surface area contributed by atoms with Crippen LogP contribution in [0.1, 0.15) is 5.56 Å². The van der Waals surface area contributed by atoms with E-state index in [-0.39, 0.29) is 22.0 Å². The van der Waals surface area contributed by atoms with Crippen LogP contribution in [0.15, 0.2) is 30.0 Å². The van der Waals surface area contributed by atoms with E-state index >= 15 is 0 Å². The van der Waals surface area contributed by atoms with Crippen molar-refractivity contribution in [1.29, 1.82) is 0 Å². The van der Waals surface area contributed by atoms with Gasteiger partial charge in [-0.25, -0.2) is 4.79 Å². The van der Waals surface area contributed by atoms with Gasteiger partial charge in [-0.2, -0.15) is 0 Å². The van der Waals surface area contributed by atoms with Gasteiger partial charge in [0.2, 0.25) is 16.2 Å². The summed E-state index contributed by atoms with van der Waals surface area (Å²) >= 11 is 0. The van der Waals surface area contributed by atoms with Gasteiger partial charge in [-0.1, -0.05) is 12.1 Å². The Labute approximate surface area is 109 Å². The molecule has 1 aromatic carbocycles. The van der Waals surface area contributed by atoms with Gasteiger partial charge in [0.05, 0.1) is 26.9 Å². The minimum absolute atomic E-state index is 0.0250. The first-order chi connectivity index (χ1) is 8.69. The van der Waals surface area contributed by atoms with E-state index in [0.29, 0.717) is 11.3 Å². The molecule has 0 aromatic heterocycles. The number of rotatable bonds is 5. The third kappa shape index (κ3) is 2.83. The molecule has 0 atom stereocenters. The van der Waals surface area contributed by atoms with E-state index in [1.807, 2.05) is 12.1 Å². The Morgan fingerprint density at radius 2 is 1.78 bits per heavy atom. The fourth-order valence-electron chi connectivity index (χ4n) is 1.52. The van der Waals surface area contributed by atoms with Gasteiger partial charge in [0.15, 0.2) is 5.76 Å². The summed E-state index contributed by atoms with van der Waals surface area (Å²) in [5.74, 6) is 0.352. The van der Waals surface area contributed by atoms with Crippen molar-refractivity contribution in [3.63, 3.8) is 0 Å². The maximum Gasteiger partial charge on any atom is 0.363 e. The van der Waals surface area contributed by atoms with Crippen LogP contribution < -0.4 is 4.74 Å². The summed E-state index contributed by atoms with van der Waals surface area (Å²) in [6.07, 6.45) is 0. The lowest BCUT2D eigenvalue weighted by Crippen LogP contribution is -2.11. The summed E-state index contributed by atoms with van der Waals surface area (Å²) in [7, 11) is 4.68. The highest BCUT2D eigenvalue weighted by molar-refractivity contribution is 6.10. The van der Waals surface area contributed by atoms with Crippen molar-refractivity contribution in [2.45, 2.75) is 0 Å². The first kappa shape index (κ1) is 14.1. The molecule has 1 rings (SSSR count). The summed E-state index contributed by atoms with van der Waals surface area (Å²) in [4.78, 5) is 11.6. The second-order valence-electron chi connectivity index (χ2n) is 3.26. The Morgan fingerprint density at radius 3 is 2.28 bits per heavy atom. The molecule has 0 radical (unpaired) electrons. The van der Waals surface area contributed by atoms with Crippen LogP contribution in [0.3, 0.4) is 0 Å². The molecular formula is C12H16O5Si. The number of carbonyl (C=O) groups is 1. The van der Waals surface area contributed by atoms with Crippen molar-refractivity contribution in [2.75, 3.05) is 21.3 Å². The monoisotopic (exact) mass is 268 g/mol. The lowest BCUT2D eigenvalue weighted by Gasteiger charge is -2.14. The quantitative estimate of drug-likeness (QED) is 0.442. The Balaban J connectivity index is 3.39. The third-order valence-corrected chi connectivity index (χ3v) is 2.71. The Kier molecular flexibility index (Phi) is 5.25. The highest BCUT2D eigenvalue weighted by Crippen LogP contribution is 2.29. The lowest BCUT2D eigenvalue weighted by atomic mass is 10.1. The van der Waals surface area contributed by atoms with Crippen molar-refractivity contribution in [2.24, 2.45) is 0 Å². The zero-order valence-corrected chi connectivity index (χ0v) is 12.9. The molecule has 18 heavy (non-hydrogen) atoms. The van der Waals surface area contributed by atoms with E-state index in [0.717, 1.165) is 0 Å². The van der Waals surface area contributed by atoms with E-state index in [4.69, 9.17) is 18.6 Å². The third-order valence-electron chi connectivity index (χ3n) is 2.34. The zero-order valence-electron chi connectivity index (χ0n) is 10.9. The molecule has 0 amide bonds. The molecule has 0 aliphatic carbocycles. The van der Waals surface area contributed by atoms with Crippen molar-refractivity contribution in [1.82, 2.24) is 0 Å². The molecule has 0 spiro atoms. The minimum Gasteiger partial charge on any atom is -0.523 e. The Morgan fingerprint density at radius 1 is 1.11 bits per heavy atom. The number of methoxy groups -OCH3 is 3. The fourth-order valence-corrected chi connectivity index (χ4v) is 1.70. The summed E-state index contributed by atoms with van der Waals surface area (Å²) in [6.45, 7) is 0. The topological polar surface area (TPSA) is 54.0 Å². The van der Waals surface area contributed by atoms with Crippen LogP contribution in [0, 0.1) is 0 Å². The second-order valence-corrected chi connectivity index (χ2v) is 3.67. The molecule has 0 heterocycles. The van der Waals surface area contributed by atoms with Crippen molar-refractivity contribution >= 4 is 22.2 Å². The predicted octanol–water partition coefficient (Wildman–Crippen LogP) is 0.480. The number of benzene rings is 1. The molecule has 0 saturated heterocycles. The molecule has 0 unspecified atom stereocenters. The smallest absolute Gasteiger partial charge is 0.363 e. The van der Waals surface area contributed by atoms with Gasteiger partial charge in [0.25, 0.3) is 0 Å². The van der Waals surface area contributed by atoms with Gasteiger partial charge in [0, 0.05) is 0 Å². The lowest BCUT2D eigenvalue weighted by molar-refractivity contribution is -0.133. The SMILES string of the molecule is COC(C(=O)O[SiH3])=C(OC)c1ccccc1OC. The number of carbonyl (C=O) groups excluding carboxylic acids is 1.